The lowest BCUT2D eigenvalue weighted by atomic mass is 10.1. The number of aromatic nitrogens is 1. The second kappa shape index (κ2) is 4.34. The SMILES string of the molecule is Ic1c2c(c(I)c3c1cnc1ccccc13)OCO2. The van der Waals surface area contributed by atoms with E-state index in [1.807, 2.05) is 24.4 Å². The van der Waals surface area contributed by atoms with Crippen LogP contribution < -0.4 is 9.47 Å². The average Bonchev–Trinajstić information content (AvgIpc) is 2.93. The third-order valence-electron chi connectivity index (χ3n) is 3.24. The van der Waals surface area contributed by atoms with Gasteiger partial charge >= 0.3 is 0 Å². The molecule has 0 N–H and O–H groups in total. The van der Waals surface area contributed by atoms with E-state index in [1.54, 1.807) is 0 Å². The average molecular weight is 475 g/mol. The molecule has 1 aliphatic rings. The Morgan fingerprint density at radius 2 is 1.68 bits per heavy atom. The summed E-state index contributed by atoms with van der Waals surface area (Å²) in [6, 6.07) is 8.18. The minimum Gasteiger partial charge on any atom is -0.452 e. The van der Waals surface area contributed by atoms with Crippen molar-refractivity contribution in [2.45, 2.75) is 0 Å². The van der Waals surface area contributed by atoms with Gasteiger partial charge in [0.25, 0.3) is 0 Å². The molecule has 2 heterocycles. The van der Waals surface area contributed by atoms with Gasteiger partial charge in [0, 0.05) is 22.4 Å². The van der Waals surface area contributed by atoms with Crippen LogP contribution >= 0.6 is 45.2 Å². The Labute approximate surface area is 136 Å². The molecule has 0 aliphatic carbocycles. The first-order valence-electron chi connectivity index (χ1n) is 5.71. The summed E-state index contributed by atoms with van der Waals surface area (Å²) in [5.41, 5.74) is 1.00. The largest absolute Gasteiger partial charge is 0.452 e. The molecule has 0 radical (unpaired) electrons. The molecule has 1 aliphatic heterocycles. The van der Waals surface area contributed by atoms with E-state index in [1.165, 1.54) is 5.39 Å². The van der Waals surface area contributed by atoms with E-state index in [0.29, 0.717) is 6.79 Å². The van der Waals surface area contributed by atoms with E-state index in [9.17, 15) is 0 Å². The molecule has 0 spiro atoms. The number of fused-ring (bicyclic) bond motifs is 4. The zero-order valence-electron chi connectivity index (χ0n) is 9.61. The summed E-state index contributed by atoms with van der Waals surface area (Å²) in [5, 5.41) is 3.47. The third kappa shape index (κ3) is 1.63. The molecule has 2 aromatic carbocycles. The van der Waals surface area contributed by atoms with Crippen molar-refractivity contribution < 1.29 is 9.47 Å². The van der Waals surface area contributed by atoms with E-state index in [2.05, 4.69) is 56.2 Å². The Balaban J connectivity index is 2.29. The number of halogens is 2. The number of hydrogen-bond acceptors (Lipinski definition) is 3. The highest BCUT2D eigenvalue weighted by molar-refractivity contribution is 14.1. The minimum atomic E-state index is 0.295. The summed E-state index contributed by atoms with van der Waals surface area (Å²) in [7, 11) is 0. The Morgan fingerprint density at radius 3 is 2.53 bits per heavy atom. The lowest BCUT2D eigenvalue weighted by molar-refractivity contribution is 0.173. The first-order chi connectivity index (χ1) is 9.27. The Kier molecular flexibility index (Phi) is 2.73. The van der Waals surface area contributed by atoms with Crippen molar-refractivity contribution in [3.8, 4) is 11.5 Å². The van der Waals surface area contributed by atoms with Gasteiger partial charge in [0.05, 0.1) is 12.7 Å². The van der Waals surface area contributed by atoms with Crippen molar-refractivity contribution in [3.63, 3.8) is 0 Å². The number of ether oxygens (including phenoxy) is 2. The van der Waals surface area contributed by atoms with Gasteiger partial charge in [-0.1, -0.05) is 18.2 Å². The zero-order valence-corrected chi connectivity index (χ0v) is 13.9. The first-order valence-corrected chi connectivity index (χ1v) is 7.87. The van der Waals surface area contributed by atoms with E-state index < -0.39 is 0 Å². The quantitative estimate of drug-likeness (QED) is 0.359. The van der Waals surface area contributed by atoms with Crippen LogP contribution in [0.25, 0.3) is 21.7 Å². The highest BCUT2D eigenvalue weighted by Crippen LogP contribution is 2.46. The second-order valence-electron chi connectivity index (χ2n) is 4.26. The maximum absolute atomic E-state index is 5.61. The summed E-state index contributed by atoms with van der Waals surface area (Å²) >= 11 is 4.64. The summed E-state index contributed by atoms with van der Waals surface area (Å²) in [6.07, 6.45) is 1.92. The van der Waals surface area contributed by atoms with E-state index in [4.69, 9.17) is 9.47 Å². The molecule has 4 rings (SSSR count). The molecule has 0 saturated carbocycles. The van der Waals surface area contributed by atoms with E-state index in [0.717, 1.165) is 34.9 Å². The molecule has 0 bridgehead atoms. The fourth-order valence-corrected chi connectivity index (χ4v) is 4.18. The van der Waals surface area contributed by atoms with Crippen LogP contribution in [0.4, 0.5) is 0 Å². The lowest BCUT2D eigenvalue weighted by Gasteiger charge is -2.10. The molecule has 0 saturated heterocycles. The highest BCUT2D eigenvalue weighted by Gasteiger charge is 2.25. The van der Waals surface area contributed by atoms with Gasteiger partial charge in [-0.2, -0.15) is 0 Å². The fraction of sp³-hybridized carbons (Fsp3) is 0.0714. The van der Waals surface area contributed by atoms with Crippen molar-refractivity contribution >= 4 is 66.9 Å². The summed E-state index contributed by atoms with van der Waals surface area (Å²) in [6.45, 7) is 0.295. The lowest BCUT2D eigenvalue weighted by Crippen LogP contribution is -1.93. The van der Waals surface area contributed by atoms with Crippen LogP contribution in [-0.2, 0) is 0 Å². The number of nitrogens with zero attached hydrogens (tertiary/aromatic N) is 1. The van der Waals surface area contributed by atoms with Crippen molar-refractivity contribution in [1.82, 2.24) is 4.98 Å². The summed E-state index contributed by atoms with van der Waals surface area (Å²) < 4.78 is 13.3. The zero-order chi connectivity index (χ0) is 13.0. The molecule has 0 unspecified atom stereocenters. The van der Waals surface area contributed by atoms with Crippen molar-refractivity contribution in [2.24, 2.45) is 0 Å². The molecular weight excluding hydrogens is 468 g/mol. The van der Waals surface area contributed by atoms with Crippen LogP contribution in [-0.4, -0.2) is 11.8 Å². The van der Waals surface area contributed by atoms with Crippen LogP contribution in [0.1, 0.15) is 0 Å². The van der Waals surface area contributed by atoms with Gasteiger partial charge in [0.15, 0.2) is 11.5 Å². The standard InChI is InChI=1S/C14H7I2NO2/c15-11-8-5-17-9-4-2-1-3-7(9)10(8)12(16)14-13(11)18-6-19-14/h1-5H,6H2. The van der Waals surface area contributed by atoms with Gasteiger partial charge in [-0.25, -0.2) is 0 Å². The second-order valence-corrected chi connectivity index (χ2v) is 6.41. The number of hydrogen-bond donors (Lipinski definition) is 0. The number of para-hydroxylation sites is 1. The molecule has 3 nitrogen and oxygen atoms in total. The smallest absolute Gasteiger partial charge is 0.231 e. The fourth-order valence-electron chi connectivity index (χ4n) is 2.38. The van der Waals surface area contributed by atoms with Crippen LogP contribution in [0.3, 0.4) is 0 Å². The number of benzene rings is 2. The Hall–Kier alpha value is -0.830. The molecule has 0 atom stereocenters. The van der Waals surface area contributed by atoms with Gasteiger partial charge in [0.2, 0.25) is 6.79 Å². The predicted octanol–water partition coefficient (Wildman–Crippen LogP) is 4.33. The van der Waals surface area contributed by atoms with Crippen molar-refractivity contribution in [2.75, 3.05) is 6.79 Å². The summed E-state index contributed by atoms with van der Waals surface area (Å²) in [4.78, 5) is 4.53. The Morgan fingerprint density at radius 1 is 0.947 bits per heavy atom. The van der Waals surface area contributed by atoms with Gasteiger partial charge in [0.1, 0.15) is 0 Å². The normalized spacial score (nSPS) is 13.4. The molecular formula is C14H7I2NO2. The van der Waals surface area contributed by atoms with Crippen LogP contribution in [0.15, 0.2) is 30.5 Å². The minimum absolute atomic E-state index is 0.295. The molecule has 94 valence electrons. The molecule has 1 aromatic heterocycles. The molecule has 5 heteroatoms. The molecule has 0 fully saturated rings. The van der Waals surface area contributed by atoms with Crippen molar-refractivity contribution in [1.29, 1.82) is 0 Å². The third-order valence-corrected chi connectivity index (χ3v) is 5.34. The van der Waals surface area contributed by atoms with Gasteiger partial charge in [-0.05, 0) is 51.2 Å². The topological polar surface area (TPSA) is 31.4 Å². The first kappa shape index (κ1) is 12.0. The van der Waals surface area contributed by atoms with Crippen LogP contribution in [0.2, 0.25) is 0 Å². The molecule has 3 aromatic rings. The van der Waals surface area contributed by atoms with Crippen molar-refractivity contribution in [3.05, 3.63) is 37.6 Å². The van der Waals surface area contributed by atoms with Crippen LogP contribution in [0.5, 0.6) is 11.5 Å². The monoisotopic (exact) mass is 475 g/mol. The predicted molar refractivity (Wildman–Crippen MR) is 90.8 cm³/mol. The highest BCUT2D eigenvalue weighted by atomic mass is 127. The van der Waals surface area contributed by atoms with E-state index >= 15 is 0 Å². The van der Waals surface area contributed by atoms with Gasteiger partial charge < -0.3 is 9.47 Å². The number of rotatable bonds is 0. The number of pyridine rings is 1. The van der Waals surface area contributed by atoms with Gasteiger partial charge in [-0.15, -0.1) is 0 Å². The maximum atomic E-state index is 5.61. The van der Waals surface area contributed by atoms with E-state index in [-0.39, 0.29) is 0 Å². The molecule has 0 amide bonds. The van der Waals surface area contributed by atoms with Gasteiger partial charge in [-0.3, -0.25) is 4.98 Å². The maximum Gasteiger partial charge on any atom is 0.231 e. The summed E-state index contributed by atoms with van der Waals surface area (Å²) in [5.74, 6) is 1.70. The Bertz CT molecular complexity index is 833. The van der Waals surface area contributed by atoms with Crippen LogP contribution in [0, 0.1) is 7.14 Å². The molecule has 19 heavy (non-hydrogen) atoms.